The number of nitrogens with one attached hydrogen (secondary N) is 1. The van der Waals surface area contributed by atoms with Gasteiger partial charge in [0.25, 0.3) is 10.0 Å². The van der Waals surface area contributed by atoms with Crippen LogP contribution in [-0.2, 0) is 26.2 Å². The van der Waals surface area contributed by atoms with Crippen LogP contribution in [0, 0.1) is 6.92 Å². The van der Waals surface area contributed by atoms with Crippen LogP contribution in [0.15, 0.2) is 82.6 Å². The minimum atomic E-state index is -4.12. The lowest BCUT2D eigenvalue weighted by molar-refractivity contribution is -0.139. The number of hydrogen-bond donors (Lipinski definition) is 1. The molecule has 0 aromatic heterocycles. The highest BCUT2D eigenvalue weighted by molar-refractivity contribution is 7.98. The van der Waals surface area contributed by atoms with Gasteiger partial charge in [0.15, 0.2) is 0 Å². The predicted octanol–water partition coefficient (Wildman–Crippen LogP) is 5.79. The standard InChI is InChI=1S/C33H41N3O5S2/c1-24-13-15-28(16-14-24)36(43(39,40)31-19-17-30(42-4)18-20-31)23-32(37)35(22-26-9-8-12-29(21-26)41-3)25(2)33(38)34-27-10-6-5-7-11-27/h8-9,12-21,25,27H,5-7,10-11,22-23H2,1-4H3,(H,34,38). The second-order valence-electron chi connectivity index (χ2n) is 10.9. The van der Waals surface area contributed by atoms with E-state index in [9.17, 15) is 18.0 Å². The molecule has 1 fully saturated rings. The second-order valence-corrected chi connectivity index (χ2v) is 13.7. The number of aryl methyl sites for hydroxylation is 1. The summed E-state index contributed by atoms with van der Waals surface area (Å²) in [5.41, 5.74) is 2.10. The Labute approximate surface area is 259 Å². The maximum atomic E-state index is 14.2. The monoisotopic (exact) mass is 623 g/mol. The van der Waals surface area contributed by atoms with Gasteiger partial charge in [0.2, 0.25) is 11.8 Å². The highest BCUT2D eigenvalue weighted by Gasteiger charge is 2.33. The van der Waals surface area contributed by atoms with E-state index in [1.165, 1.54) is 16.7 Å². The molecule has 1 aliphatic rings. The molecule has 0 radical (unpaired) electrons. The largest absolute Gasteiger partial charge is 0.497 e. The van der Waals surface area contributed by atoms with Crippen LogP contribution in [0.4, 0.5) is 5.69 Å². The topological polar surface area (TPSA) is 96.0 Å². The molecule has 1 unspecified atom stereocenters. The predicted molar refractivity (Wildman–Crippen MR) is 172 cm³/mol. The van der Waals surface area contributed by atoms with Crippen LogP contribution >= 0.6 is 11.8 Å². The average Bonchev–Trinajstić information content (AvgIpc) is 3.03. The molecule has 1 atom stereocenters. The maximum absolute atomic E-state index is 14.2. The lowest BCUT2D eigenvalue weighted by Crippen LogP contribution is -2.53. The third-order valence-corrected chi connectivity index (χ3v) is 10.4. The van der Waals surface area contributed by atoms with Crippen LogP contribution in [0.1, 0.15) is 50.2 Å². The van der Waals surface area contributed by atoms with Gasteiger partial charge in [-0.2, -0.15) is 0 Å². The summed E-state index contributed by atoms with van der Waals surface area (Å²) in [5.74, 6) is -0.110. The van der Waals surface area contributed by atoms with Crippen molar-refractivity contribution < 1.29 is 22.7 Å². The third kappa shape index (κ3) is 8.32. The molecule has 3 aromatic rings. The number of hydrogen-bond acceptors (Lipinski definition) is 6. The molecule has 2 amide bonds. The van der Waals surface area contributed by atoms with Gasteiger partial charge >= 0.3 is 0 Å². The number of carbonyl (C=O) groups excluding carboxylic acids is 2. The Kier molecular flexibility index (Phi) is 11.2. The molecule has 230 valence electrons. The fourth-order valence-corrected chi connectivity index (χ4v) is 7.06. The number of benzene rings is 3. The zero-order valence-corrected chi connectivity index (χ0v) is 26.9. The molecule has 0 aliphatic heterocycles. The van der Waals surface area contributed by atoms with Crippen LogP contribution in [-0.4, -0.2) is 57.1 Å². The molecule has 0 bridgehead atoms. The van der Waals surface area contributed by atoms with Crippen molar-refractivity contribution in [2.24, 2.45) is 0 Å². The number of ether oxygens (including phenoxy) is 1. The molecule has 1 N–H and O–H groups in total. The van der Waals surface area contributed by atoms with E-state index in [1.54, 1.807) is 50.4 Å². The van der Waals surface area contributed by atoms with Crippen molar-refractivity contribution in [3.63, 3.8) is 0 Å². The van der Waals surface area contributed by atoms with Crippen LogP contribution < -0.4 is 14.4 Å². The van der Waals surface area contributed by atoms with Crippen LogP contribution in [0.2, 0.25) is 0 Å². The number of amides is 2. The number of carbonyl (C=O) groups is 2. The van der Waals surface area contributed by atoms with Gasteiger partial charge in [-0.1, -0.05) is 49.1 Å². The number of methoxy groups -OCH3 is 1. The summed E-state index contributed by atoms with van der Waals surface area (Å²) in [6, 6.07) is 20.2. The summed E-state index contributed by atoms with van der Waals surface area (Å²) >= 11 is 1.51. The summed E-state index contributed by atoms with van der Waals surface area (Å²) in [6.45, 7) is 3.25. The summed E-state index contributed by atoms with van der Waals surface area (Å²) in [4.78, 5) is 30.1. The maximum Gasteiger partial charge on any atom is 0.264 e. The fourth-order valence-electron chi connectivity index (χ4n) is 5.23. The third-order valence-electron chi connectivity index (χ3n) is 7.85. The van der Waals surface area contributed by atoms with E-state index in [1.807, 2.05) is 49.6 Å². The normalized spacial score (nSPS) is 14.5. The molecule has 10 heteroatoms. The van der Waals surface area contributed by atoms with Crippen molar-refractivity contribution in [1.82, 2.24) is 10.2 Å². The van der Waals surface area contributed by atoms with Gasteiger partial charge in [-0.3, -0.25) is 13.9 Å². The summed E-state index contributed by atoms with van der Waals surface area (Å²) in [7, 11) is -2.55. The lowest BCUT2D eigenvalue weighted by Gasteiger charge is -2.33. The van der Waals surface area contributed by atoms with Crippen molar-refractivity contribution in [3.05, 3.63) is 83.9 Å². The molecule has 1 aliphatic carbocycles. The summed E-state index contributed by atoms with van der Waals surface area (Å²) < 4.78 is 34.6. The highest BCUT2D eigenvalue weighted by atomic mass is 32.2. The van der Waals surface area contributed by atoms with E-state index in [-0.39, 0.29) is 23.4 Å². The molecule has 0 spiro atoms. The number of nitrogens with zero attached hydrogens (tertiary/aromatic N) is 2. The zero-order chi connectivity index (χ0) is 31.0. The van der Waals surface area contributed by atoms with Crippen molar-refractivity contribution >= 4 is 39.3 Å². The van der Waals surface area contributed by atoms with Gasteiger partial charge in [-0.05, 0) is 87.0 Å². The summed E-state index contributed by atoms with van der Waals surface area (Å²) in [5, 5.41) is 3.13. The first-order valence-corrected chi connectivity index (χ1v) is 17.2. The van der Waals surface area contributed by atoms with Crippen molar-refractivity contribution in [3.8, 4) is 5.75 Å². The van der Waals surface area contributed by atoms with E-state index >= 15 is 0 Å². The molecule has 8 nitrogen and oxygen atoms in total. The molecule has 1 saturated carbocycles. The van der Waals surface area contributed by atoms with Gasteiger partial charge < -0.3 is 15.0 Å². The Balaban J connectivity index is 1.68. The Morgan fingerprint density at radius 2 is 1.67 bits per heavy atom. The molecule has 3 aromatic carbocycles. The van der Waals surface area contributed by atoms with Gasteiger partial charge in [0.05, 0.1) is 17.7 Å². The van der Waals surface area contributed by atoms with Crippen molar-refractivity contribution in [1.29, 1.82) is 0 Å². The number of rotatable bonds is 12. The lowest BCUT2D eigenvalue weighted by atomic mass is 9.95. The van der Waals surface area contributed by atoms with E-state index in [2.05, 4.69) is 5.32 Å². The molecular formula is C33H41N3O5S2. The van der Waals surface area contributed by atoms with E-state index in [0.717, 1.165) is 52.4 Å². The first-order valence-electron chi connectivity index (χ1n) is 14.6. The van der Waals surface area contributed by atoms with E-state index < -0.39 is 28.5 Å². The Bertz CT molecular complexity index is 1490. The Morgan fingerprint density at radius 1 is 1.00 bits per heavy atom. The van der Waals surface area contributed by atoms with Crippen molar-refractivity contribution in [2.45, 2.75) is 74.4 Å². The van der Waals surface area contributed by atoms with E-state index in [4.69, 9.17) is 4.74 Å². The molecule has 4 rings (SSSR count). The van der Waals surface area contributed by atoms with Crippen LogP contribution in [0.25, 0.3) is 0 Å². The highest BCUT2D eigenvalue weighted by Crippen LogP contribution is 2.27. The van der Waals surface area contributed by atoms with Crippen molar-refractivity contribution in [2.75, 3.05) is 24.2 Å². The molecule has 0 saturated heterocycles. The first kappa shape index (κ1) is 32.4. The first-order chi connectivity index (χ1) is 20.6. The molecule has 43 heavy (non-hydrogen) atoms. The second kappa shape index (κ2) is 14.8. The number of sulfonamides is 1. The minimum absolute atomic E-state index is 0.0751. The summed E-state index contributed by atoms with van der Waals surface area (Å²) in [6.07, 6.45) is 7.03. The molecular weight excluding hydrogens is 583 g/mol. The number of thioether (sulfide) groups is 1. The van der Waals surface area contributed by atoms with Gasteiger partial charge in [0, 0.05) is 17.5 Å². The van der Waals surface area contributed by atoms with Gasteiger partial charge in [-0.25, -0.2) is 8.42 Å². The van der Waals surface area contributed by atoms with Crippen LogP contribution in [0.5, 0.6) is 5.75 Å². The molecule has 0 heterocycles. The van der Waals surface area contributed by atoms with Gasteiger partial charge in [-0.15, -0.1) is 11.8 Å². The SMILES string of the molecule is COc1cccc(CN(C(=O)CN(c2ccc(C)cc2)S(=O)(=O)c2ccc(SC)cc2)C(C)C(=O)NC2CCCCC2)c1. The minimum Gasteiger partial charge on any atom is -0.497 e. The number of anilines is 1. The zero-order valence-electron chi connectivity index (χ0n) is 25.3. The van der Waals surface area contributed by atoms with E-state index in [0.29, 0.717) is 11.4 Å². The Hall–Kier alpha value is -3.50. The quantitative estimate of drug-likeness (QED) is 0.257. The van der Waals surface area contributed by atoms with Gasteiger partial charge in [0.1, 0.15) is 18.3 Å². The Morgan fingerprint density at radius 3 is 2.30 bits per heavy atom. The fraction of sp³-hybridized carbons (Fsp3) is 0.394. The van der Waals surface area contributed by atoms with Crippen LogP contribution in [0.3, 0.4) is 0 Å². The average molecular weight is 624 g/mol. The smallest absolute Gasteiger partial charge is 0.264 e.